The van der Waals surface area contributed by atoms with Gasteiger partial charge in [-0.1, -0.05) is 37.3 Å². The maximum Gasteiger partial charge on any atom is 0.338 e. The number of piperazine rings is 1. The Hall–Kier alpha value is -2.38. The SMILES string of the molecule is CCOC(=O)C1=C(CN2CCN(CC)CC2)NC(=O)N[C@@H]1c1ccccc1. The van der Waals surface area contributed by atoms with E-state index in [4.69, 9.17) is 4.74 Å². The number of hydrogen-bond acceptors (Lipinski definition) is 5. The van der Waals surface area contributed by atoms with Crippen LogP contribution in [0.4, 0.5) is 4.79 Å². The van der Waals surface area contributed by atoms with Gasteiger partial charge in [-0.15, -0.1) is 0 Å². The fourth-order valence-electron chi connectivity index (χ4n) is 3.58. The van der Waals surface area contributed by atoms with Crippen LogP contribution in [-0.2, 0) is 9.53 Å². The number of likely N-dealkylation sites (N-methyl/N-ethyl adjacent to an activating group) is 1. The van der Waals surface area contributed by atoms with Crippen molar-refractivity contribution in [3.05, 3.63) is 47.2 Å². The lowest BCUT2D eigenvalue weighted by Crippen LogP contribution is -2.51. The molecule has 1 atom stereocenters. The van der Waals surface area contributed by atoms with Crippen molar-refractivity contribution in [1.82, 2.24) is 20.4 Å². The number of carbonyl (C=O) groups is 2. The minimum absolute atomic E-state index is 0.292. The molecule has 0 radical (unpaired) electrons. The summed E-state index contributed by atoms with van der Waals surface area (Å²) in [6, 6.07) is 8.73. The van der Waals surface area contributed by atoms with Gasteiger partial charge in [0.2, 0.25) is 0 Å². The van der Waals surface area contributed by atoms with Crippen LogP contribution in [0.2, 0.25) is 0 Å². The molecule has 1 saturated heterocycles. The van der Waals surface area contributed by atoms with Crippen LogP contribution in [0.15, 0.2) is 41.6 Å². The smallest absolute Gasteiger partial charge is 0.338 e. The van der Waals surface area contributed by atoms with Crippen LogP contribution in [0.5, 0.6) is 0 Å². The van der Waals surface area contributed by atoms with Crippen LogP contribution >= 0.6 is 0 Å². The minimum atomic E-state index is -0.508. The number of ether oxygens (including phenoxy) is 1. The molecular formula is C20H28N4O3. The number of urea groups is 1. The summed E-state index contributed by atoms with van der Waals surface area (Å²) in [6.07, 6.45) is 0. The molecule has 146 valence electrons. The number of rotatable bonds is 6. The summed E-state index contributed by atoms with van der Waals surface area (Å²) in [6.45, 7) is 9.62. The first kappa shape index (κ1) is 19.4. The molecule has 7 nitrogen and oxygen atoms in total. The lowest BCUT2D eigenvalue weighted by molar-refractivity contribution is -0.139. The highest BCUT2D eigenvalue weighted by molar-refractivity contribution is 5.95. The molecule has 0 aromatic heterocycles. The number of nitrogens with one attached hydrogen (secondary N) is 2. The summed E-state index contributed by atoms with van der Waals surface area (Å²) in [5.41, 5.74) is 1.99. The van der Waals surface area contributed by atoms with Crippen LogP contribution in [0.1, 0.15) is 25.5 Å². The molecular weight excluding hydrogens is 344 g/mol. The summed E-state index contributed by atoms with van der Waals surface area (Å²) in [5.74, 6) is -0.388. The molecule has 3 rings (SSSR count). The Morgan fingerprint density at radius 2 is 1.78 bits per heavy atom. The van der Waals surface area contributed by atoms with Crippen LogP contribution in [0.3, 0.4) is 0 Å². The summed E-state index contributed by atoms with van der Waals surface area (Å²) in [7, 11) is 0. The van der Waals surface area contributed by atoms with Gasteiger partial charge in [-0.3, -0.25) is 4.90 Å². The molecule has 0 aliphatic carbocycles. The molecule has 0 saturated carbocycles. The molecule has 2 N–H and O–H groups in total. The molecule has 1 aromatic rings. The average molecular weight is 372 g/mol. The number of carbonyl (C=O) groups excluding carboxylic acids is 2. The summed E-state index contributed by atoms with van der Waals surface area (Å²) in [4.78, 5) is 29.7. The quantitative estimate of drug-likeness (QED) is 0.741. The Bertz CT molecular complexity index is 696. The number of benzene rings is 1. The molecule has 27 heavy (non-hydrogen) atoms. The van der Waals surface area contributed by atoms with Gasteiger partial charge in [-0.2, -0.15) is 0 Å². The monoisotopic (exact) mass is 372 g/mol. The zero-order chi connectivity index (χ0) is 19.2. The van der Waals surface area contributed by atoms with Crippen molar-refractivity contribution >= 4 is 12.0 Å². The van der Waals surface area contributed by atoms with E-state index in [0.29, 0.717) is 24.4 Å². The Morgan fingerprint density at radius 3 is 2.41 bits per heavy atom. The summed E-state index contributed by atoms with van der Waals surface area (Å²) >= 11 is 0. The maximum atomic E-state index is 12.7. The fourth-order valence-corrected chi connectivity index (χ4v) is 3.58. The summed E-state index contributed by atoms with van der Waals surface area (Å²) in [5, 5.41) is 5.72. The van der Waals surface area contributed by atoms with Crippen LogP contribution in [0.25, 0.3) is 0 Å². The van der Waals surface area contributed by atoms with Gasteiger partial charge < -0.3 is 20.3 Å². The van der Waals surface area contributed by atoms with Gasteiger partial charge in [0.15, 0.2) is 0 Å². The van der Waals surface area contributed by atoms with Crippen molar-refractivity contribution < 1.29 is 14.3 Å². The van der Waals surface area contributed by atoms with E-state index in [0.717, 1.165) is 38.3 Å². The third-order valence-corrected chi connectivity index (χ3v) is 5.08. The lowest BCUT2D eigenvalue weighted by atomic mass is 9.95. The van der Waals surface area contributed by atoms with Crippen molar-refractivity contribution in [3.63, 3.8) is 0 Å². The Kier molecular flexibility index (Phi) is 6.47. The van der Waals surface area contributed by atoms with Gasteiger partial charge in [-0.25, -0.2) is 9.59 Å². The van der Waals surface area contributed by atoms with Gasteiger partial charge in [0.1, 0.15) is 0 Å². The van der Waals surface area contributed by atoms with Gasteiger partial charge in [-0.05, 0) is 19.0 Å². The molecule has 1 fully saturated rings. The number of nitrogens with zero attached hydrogens (tertiary/aromatic N) is 2. The van der Waals surface area contributed by atoms with E-state index in [9.17, 15) is 9.59 Å². The third-order valence-electron chi connectivity index (χ3n) is 5.08. The zero-order valence-corrected chi connectivity index (χ0v) is 16.0. The van der Waals surface area contributed by atoms with E-state index in [1.165, 1.54) is 0 Å². The van der Waals surface area contributed by atoms with E-state index in [1.807, 2.05) is 30.3 Å². The molecule has 2 aliphatic rings. The zero-order valence-electron chi connectivity index (χ0n) is 16.0. The van der Waals surface area contributed by atoms with Crippen LogP contribution in [-0.4, -0.2) is 67.7 Å². The Labute approximate surface area is 160 Å². The fraction of sp³-hybridized carbons (Fsp3) is 0.500. The molecule has 2 aliphatic heterocycles. The van der Waals surface area contributed by atoms with Gasteiger partial charge in [0, 0.05) is 38.4 Å². The van der Waals surface area contributed by atoms with Crippen LogP contribution in [0, 0.1) is 0 Å². The highest BCUT2D eigenvalue weighted by atomic mass is 16.5. The van der Waals surface area contributed by atoms with E-state index in [2.05, 4.69) is 27.4 Å². The van der Waals surface area contributed by atoms with Crippen molar-refractivity contribution in [3.8, 4) is 0 Å². The molecule has 0 spiro atoms. The van der Waals surface area contributed by atoms with Crippen molar-refractivity contribution in [1.29, 1.82) is 0 Å². The molecule has 0 unspecified atom stereocenters. The second-order valence-electron chi connectivity index (χ2n) is 6.77. The molecule has 1 aromatic carbocycles. The predicted molar refractivity (Wildman–Crippen MR) is 103 cm³/mol. The largest absolute Gasteiger partial charge is 0.463 e. The predicted octanol–water partition coefficient (Wildman–Crippen LogP) is 1.50. The minimum Gasteiger partial charge on any atom is -0.463 e. The van der Waals surface area contributed by atoms with E-state index in [-0.39, 0.29) is 12.0 Å². The number of esters is 1. The van der Waals surface area contributed by atoms with Crippen molar-refractivity contribution in [2.75, 3.05) is 45.9 Å². The lowest BCUT2D eigenvalue weighted by Gasteiger charge is -2.36. The standard InChI is InChI=1S/C20H28N4O3/c1-3-23-10-12-24(13-11-23)14-16-17(19(25)27-4-2)18(22-20(26)21-16)15-8-6-5-7-9-15/h5-9,18H,3-4,10-14H2,1-2H3,(H2,21,22,26)/t18-/m1/s1. The first-order valence-corrected chi connectivity index (χ1v) is 9.59. The number of hydrogen-bond donors (Lipinski definition) is 2. The second kappa shape index (κ2) is 9.01. The topological polar surface area (TPSA) is 73.9 Å². The van der Waals surface area contributed by atoms with Gasteiger partial charge in [0.05, 0.1) is 18.2 Å². The first-order valence-electron chi connectivity index (χ1n) is 9.59. The highest BCUT2D eigenvalue weighted by Crippen LogP contribution is 2.28. The normalized spacial score (nSPS) is 21.6. The van der Waals surface area contributed by atoms with E-state index >= 15 is 0 Å². The maximum absolute atomic E-state index is 12.7. The average Bonchev–Trinajstić information content (AvgIpc) is 2.69. The highest BCUT2D eigenvalue weighted by Gasteiger charge is 2.34. The molecule has 2 amide bonds. The van der Waals surface area contributed by atoms with Crippen molar-refractivity contribution in [2.24, 2.45) is 0 Å². The number of amides is 2. The third kappa shape index (κ3) is 4.67. The van der Waals surface area contributed by atoms with E-state index in [1.54, 1.807) is 6.92 Å². The first-order chi connectivity index (χ1) is 13.1. The van der Waals surface area contributed by atoms with E-state index < -0.39 is 6.04 Å². The molecule has 2 heterocycles. The van der Waals surface area contributed by atoms with Crippen LogP contribution < -0.4 is 10.6 Å². The summed E-state index contributed by atoms with van der Waals surface area (Å²) < 4.78 is 5.31. The Morgan fingerprint density at radius 1 is 1.11 bits per heavy atom. The molecule has 0 bridgehead atoms. The molecule has 7 heteroatoms. The van der Waals surface area contributed by atoms with Gasteiger partial charge in [0.25, 0.3) is 0 Å². The van der Waals surface area contributed by atoms with Gasteiger partial charge >= 0.3 is 12.0 Å². The van der Waals surface area contributed by atoms with Crippen molar-refractivity contribution in [2.45, 2.75) is 19.9 Å². The second-order valence-corrected chi connectivity index (χ2v) is 6.77. The Balaban J connectivity index is 1.89.